The maximum absolute atomic E-state index is 5.99. The molecule has 0 bridgehead atoms. The van der Waals surface area contributed by atoms with E-state index in [2.05, 4.69) is 36.9 Å². The van der Waals surface area contributed by atoms with Crippen molar-refractivity contribution in [3.8, 4) is 0 Å². The van der Waals surface area contributed by atoms with E-state index < -0.39 is 0 Å². The van der Waals surface area contributed by atoms with Gasteiger partial charge in [0.1, 0.15) is 0 Å². The zero-order valence-corrected chi connectivity index (χ0v) is 13.3. The molecule has 1 aliphatic heterocycles. The number of hydrogen-bond donors (Lipinski definition) is 1. The number of rotatable bonds is 3. The van der Waals surface area contributed by atoms with Crippen molar-refractivity contribution in [1.29, 1.82) is 0 Å². The molecule has 1 saturated heterocycles. The van der Waals surface area contributed by atoms with E-state index in [1.54, 1.807) is 0 Å². The molecule has 2 N–H and O–H groups in total. The maximum atomic E-state index is 5.99. The van der Waals surface area contributed by atoms with E-state index in [0.29, 0.717) is 12.1 Å². The molecule has 0 amide bonds. The quantitative estimate of drug-likeness (QED) is 0.929. The van der Waals surface area contributed by atoms with E-state index in [1.807, 2.05) is 0 Å². The van der Waals surface area contributed by atoms with Gasteiger partial charge in [0.2, 0.25) is 0 Å². The van der Waals surface area contributed by atoms with Crippen LogP contribution in [0.2, 0.25) is 0 Å². The Hall–Kier alpha value is -1.06. The van der Waals surface area contributed by atoms with Gasteiger partial charge in [-0.2, -0.15) is 0 Å². The van der Waals surface area contributed by atoms with Gasteiger partial charge in [-0.05, 0) is 50.3 Å². The molecule has 3 rings (SSSR count). The van der Waals surface area contributed by atoms with Gasteiger partial charge in [0.05, 0.1) is 18.8 Å². The zero-order chi connectivity index (χ0) is 14.8. The summed E-state index contributed by atoms with van der Waals surface area (Å²) in [5.41, 5.74) is 10.0. The summed E-state index contributed by atoms with van der Waals surface area (Å²) in [5.74, 6) is 0. The van der Waals surface area contributed by atoms with Crippen LogP contribution < -0.4 is 10.6 Å². The first kappa shape index (κ1) is 14.9. The summed E-state index contributed by atoms with van der Waals surface area (Å²) < 4.78 is 5.99. The lowest BCUT2D eigenvalue weighted by Gasteiger charge is -2.45. The average molecular weight is 288 g/mol. The summed E-state index contributed by atoms with van der Waals surface area (Å²) in [7, 11) is 0. The number of benzene rings is 1. The summed E-state index contributed by atoms with van der Waals surface area (Å²) in [4.78, 5) is 2.60. The minimum atomic E-state index is 0.223. The number of fused-ring (bicyclic) bond motifs is 1. The first-order valence-electron chi connectivity index (χ1n) is 8.38. The number of morpholine rings is 1. The first-order chi connectivity index (χ1) is 10.1. The van der Waals surface area contributed by atoms with Gasteiger partial charge in [-0.1, -0.05) is 25.0 Å². The Labute approximate surface area is 128 Å². The van der Waals surface area contributed by atoms with Crippen LogP contribution in [-0.4, -0.2) is 31.3 Å². The molecule has 3 unspecified atom stereocenters. The highest BCUT2D eigenvalue weighted by molar-refractivity contribution is 5.56. The Balaban J connectivity index is 1.81. The molecule has 1 aromatic rings. The molecule has 21 heavy (non-hydrogen) atoms. The summed E-state index contributed by atoms with van der Waals surface area (Å²) >= 11 is 0. The Morgan fingerprint density at radius 1 is 1.33 bits per heavy atom. The Morgan fingerprint density at radius 3 is 2.90 bits per heavy atom. The van der Waals surface area contributed by atoms with E-state index in [4.69, 9.17) is 10.5 Å². The summed E-state index contributed by atoms with van der Waals surface area (Å²) in [6.45, 7) is 6.18. The Bertz CT molecular complexity index is 484. The lowest BCUT2D eigenvalue weighted by molar-refractivity contribution is -0.00871. The van der Waals surface area contributed by atoms with Gasteiger partial charge in [0.15, 0.2) is 0 Å². The van der Waals surface area contributed by atoms with Crippen LogP contribution in [-0.2, 0) is 11.2 Å². The van der Waals surface area contributed by atoms with Gasteiger partial charge in [-0.15, -0.1) is 0 Å². The second-order valence-corrected chi connectivity index (χ2v) is 6.76. The van der Waals surface area contributed by atoms with Gasteiger partial charge >= 0.3 is 0 Å². The van der Waals surface area contributed by atoms with Crippen molar-refractivity contribution in [1.82, 2.24) is 0 Å². The van der Waals surface area contributed by atoms with E-state index in [-0.39, 0.29) is 6.04 Å². The van der Waals surface area contributed by atoms with Gasteiger partial charge in [0, 0.05) is 18.3 Å². The van der Waals surface area contributed by atoms with E-state index >= 15 is 0 Å². The molecular weight excluding hydrogens is 260 g/mol. The number of nitrogens with two attached hydrogens (primary N) is 1. The molecule has 0 spiro atoms. The highest BCUT2D eigenvalue weighted by atomic mass is 16.5. The van der Waals surface area contributed by atoms with E-state index in [1.165, 1.54) is 42.5 Å². The molecule has 1 aliphatic carbocycles. The largest absolute Gasteiger partial charge is 0.374 e. The summed E-state index contributed by atoms with van der Waals surface area (Å²) in [6.07, 6.45) is 6.55. The molecule has 0 aromatic heterocycles. The fourth-order valence-electron chi connectivity index (χ4n) is 3.93. The fourth-order valence-corrected chi connectivity index (χ4v) is 3.93. The third kappa shape index (κ3) is 3.24. The summed E-state index contributed by atoms with van der Waals surface area (Å²) in [5, 5.41) is 0. The molecule has 0 radical (unpaired) electrons. The highest BCUT2D eigenvalue weighted by Gasteiger charge is 2.34. The number of anilines is 1. The predicted molar refractivity (Wildman–Crippen MR) is 87.9 cm³/mol. The SMILES string of the molecule is Cc1cc(CC(C)N)ccc1N1CCOC2CCCCC21. The first-order valence-corrected chi connectivity index (χ1v) is 8.38. The fraction of sp³-hybridized carbons (Fsp3) is 0.667. The lowest BCUT2D eigenvalue weighted by Crippen LogP contribution is -2.53. The second-order valence-electron chi connectivity index (χ2n) is 6.76. The average Bonchev–Trinajstić information content (AvgIpc) is 2.46. The number of aryl methyl sites for hydroxylation is 1. The molecular formula is C18H28N2O. The van der Waals surface area contributed by atoms with Crippen LogP contribution in [0.1, 0.15) is 43.7 Å². The van der Waals surface area contributed by atoms with Crippen LogP contribution in [0.3, 0.4) is 0 Å². The normalized spacial score (nSPS) is 27.3. The summed E-state index contributed by atoms with van der Waals surface area (Å²) in [6, 6.07) is 7.65. The molecule has 116 valence electrons. The molecule has 1 saturated carbocycles. The molecule has 1 heterocycles. The monoisotopic (exact) mass is 288 g/mol. The third-order valence-electron chi connectivity index (χ3n) is 4.86. The van der Waals surface area contributed by atoms with Crippen molar-refractivity contribution in [2.45, 2.75) is 64.1 Å². The Morgan fingerprint density at radius 2 is 2.14 bits per heavy atom. The number of ether oxygens (including phenoxy) is 1. The van der Waals surface area contributed by atoms with Crippen molar-refractivity contribution in [2.24, 2.45) is 5.73 Å². The van der Waals surface area contributed by atoms with Gasteiger partial charge in [0.25, 0.3) is 0 Å². The molecule has 2 aliphatic rings. The number of hydrogen-bond acceptors (Lipinski definition) is 3. The molecule has 2 fully saturated rings. The van der Waals surface area contributed by atoms with Crippen molar-refractivity contribution < 1.29 is 4.74 Å². The van der Waals surface area contributed by atoms with Gasteiger partial charge < -0.3 is 15.4 Å². The maximum Gasteiger partial charge on any atom is 0.0779 e. The van der Waals surface area contributed by atoms with Crippen molar-refractivity contribution in [3.05, 3.63) is 29.3 Å². The lowest BCUT2D eigenvalue weighted by atomic mass is 9.89. The van der Waals surface area contributed by atoms with Crippen LogP contribution in [0.4, 0.5) is 5.69 Å². The smallest absolute Gasteiger partial charge is 0.0779 e. The highest BCUT2D eigenvalue weighted by Crippen LogP contribution is 2.33. The van der Waals surface area contributed by atoms with Crippen LogP contribution >= 0.6 is 0 Å². The van der Waals surface area contributed by atoms with E-state index in [9.17, 15) is 0 Å². The topological polar surface area (TPSA) is 38.5 Å². The van der Waals surface area contributed by atoms with Gasteiger partial charge in [-0.3, -0.25) is 0 Å². The minimum absolute atomic E-state index is 0.223. The minimum Gasteiger partial charge on any atom is -0.374 e. The van der Waals surface area contributed by atoms with Crippen molar-refractivity contribution in [3.63, 3.8) is 0 Å². The second kappa shape index (κ2) is 6.37. The third-order valence-corrected chi connectivity index (χ3v) is 4.86. The van der Waals surface area contributed by atoms with Crippen LogP contribution in [0.15, 0.2) is 18.2 Å². The van der Waals surface area contributed by atoms with E-state index in [0.717, 1.165) is 19.6 Å². The van der Waals surface area contributed by atoms with Gasteiger partial charge in [-0.25, -0.2) is 0 Å². The molecule has 3 nitrogen and oxygen atoms in total. The molecule has 3 heteroatoms. The van der Waals surface area contributed by atoms with Crippen molar-refractivity contribution in [2.75, 3.05) is 18.1 Å². The standard InChI is InChI=1S/C18H28N2O/c1-13-11-15(12-14(2)19)7-8-16(13)20-9-10-21-18-6-4-3-5-17(18)20/h7-8,11,14,17-18H,3-6,9-10,12,19H2,1-2H3. The number of nitrogens with zero attached hydrogens (tertiary/aromatic N) is 1. The van der Waals surface area contributed by atoms with Crippen LogP contribution in [0, 0.1) is 6.92 Å². The van der Waals surface area contributed by atoms with Crippen molar-refractivity contribution >= 4 is 5.69 Å². The predicted octanol–water partition coefficient (Wildman–Crippen LogP) is 3.03. The van der Waals surface area contributed by atoms with Crippen LogP contribution in [0.5, 0.6) is 0 Å². The van der Waals surface area contributed by atoms with Crippen LogP contribution in [0.25, 0.3) is 0 Å². The molecule has 1 aromatic carbocycles. The Kier molecular flexibility index (Phi) is 4.51. The molecule has 3 atom stereocenters. The zero-order valence-electron chi connectivity index (χ0n) is 13.3.